The van der Waals surface area contributed by atoms with Crippen LogP contribution >= 0.6 is 0 Å². The second-order valence-electron chi connectivity index (χ2n) is 6.17. The van der Waals surface area contributed by atoms with E-state index in [1.807, 2.05) is 63.2 Å². The first kappa shape index (κ1) is 16.9. The number of anilines is 1. The van der Waals surface area contributed by atoms with E-state index in [2.05, 4.69) is 21.4 Å². The molecular weight excluding hydrogens is 314 g/mol. The van der Waals surface area contributed by atoms with Gasteiger partial charge in [0.05, 0.1) is 17.3 Å². The first-order valence-electron chi connectivity index (χ1n) is 8.30. The van der Waals surface area contributed by atoms with Crippen molar-refractivity contribution in [3.05, 3.63) is 54.1 Å². The minimum Gasteiger partial charge on any atom is -0.462 e. The SMILES string of the molecule is Cc1ccc2nc(NCC(=O)OC(C)C)nc(-c3ccccc3)c2c1. The summed E-state index contributed by atoms with van der Waals surface area (Å²) in [5, 5.41) is 3.96. The second kappa shape index (κ2) is 7.30. The lowest BCUT2D eigenvalue weighted by Crippen LogP contribution is -2.21. The number of hydrogen-bond donors (Lipinski definition) is 1. The highest BCUT2D eigenvalue weighted by Gasteiger charge is 2.12. The number of carbonyl (C=O) groups is 1. The van der Waals surface area contributed by atoms with Crippen LogP contribution in [0.4, 0.5) is 5.95 Å². The summed E-state index contributed by atoms with van der Waals surface area (Å²) in [6, 6.07) is 16.0. The maximum Gasteiger partial charge on any atom is 0.325 e. The van der Waals surface area contributed by atoms with Crippen molar-refractivity contribution in [1.29, 1.82) is 0 Å². The Kier molecular flexibility index (Phi) is 4.93. The van der Waals surface area contributed by atoms with E-state index < -0.39 is 0 Å². The molecule has 0 aliphatic rings. The van der Waals surface area contributed by atoms with Crippen molar-refractivity contribution in [3.8, 4) is 11.3 Å². The van der Waals surface area contributed by atoms with Crippen molar-refractivity contribution in [1.82, 2.24) is 9.97 Å². The van der Waals surface area contributed by atoms with Gasteiger partial charge in [-0.25, -0.2) is 9.97 Å². The van der Waals surface area contributed by atoms with E-state index in [0.29, 0.717) is 5.95 Å². The largest absolute Gasteiger partial charge is 0.462 e. The molecule has 0 amide bonds. The van der Waals surface area contributed by atoms with Gasteiger partial charge < -0.3 is 10.1 Å². The van der Waals surface area contributed by atoms with Crippen LogP contribution in [0.2, 0.25) is 0 Å². The lowest BCUT2D eigenvalue weighted by Gasteiger charge is -2.12. The second-order valence-corrected chi connectivity index (χ2v) is 6.17. The first-order valence-corrected chi connectivity index (χ1v) is 8.30. The van der Waals surface area contributed by atoms with Crippen LogP contribution in [0.5, 0.6) is 0 Å². The third kappa shape index (κ3) is 4.12. The third-order valence-corrected chi connectivity index (χ3v) is 3.66. The molecule has 2 aromatic carbocycles. The van der Waals surface area contributed by atoms with Gasteiger partial charge in [0.2, 0.25) is 5.95 Å². The van der Waals surface area contributed by atoms with Crippen molar-refractivity contribution in [2.24, 2.45) is 0 Å². The molecular formula is C20H21N3O2. The number of carbonyl (C=O) groups excluding carboxylic acids is 1. The van der Waals surface area contributed by atoms with Gasteiger partial charge >= 0.3 is 5.97 Å². The molecule has 3 rings (SSSR count). The molecule has 0 radical (unpaired) electrons. The van der Waals surface area contributed by atoms with E-state index >= 15 is 0 Å². The molecule has 1 heterocycles. The van der Waals surface area contributed by atoms with E-state index in [9.17, 15) is 4.79 Å². The number of benzene rings is 2. The Labute approximate surface area is 147 Å². The van der Waals surface area contributed by atoms with E-state index in [-0.39, 0.29) is 18.6 Å². The molecule has 0 aliphatic carbocycles. The molecule has 0 bridgehead atoms. The normalized spacial score (nSPS) is 10.9. The average Bonchev–Trinajstić information content (AvgIpc) is 2.59. The molecule has 0 atom stereocenters. The number of fused-ring (bicyclic) bond motifs is 1. The van der Waals surface area contributed by atoms with Crippen molar-refractivity contribution >= 4 is 22.8 Å². The zero-order valence-electron chi connectivity index (χ0n) is 14.6. The van der Waals surface area contributed by atoms with E-state index in [1.54, 1.807) is 0 Å². The molecule has 0 unspecified atom stereocenters. The van der Waals surface area contributed by atoms with Crippen molar-refractivity contribution in [3.63, 3.8) is 0 Å². The number of aryl methyl sites for hydroxylation is 1. The molecule has 5 nitrogen and oxygen atoms in total. The summed E-state index contributed by atoms with van der Waals surface area (Å²) in [6.07, 6.45) is -0.144. The van der Waals surface area contributed by atoms with Gasteiger partial charge in [-0.2, -0.15) is 0 Å². The zero-order chi connectivity index (χ0) is 17.8. The monoisotopic (exact) mass is 335 g/mol. The standard InChI is InChI=1S/C20H21N3O2/c1-13(2)25-18(24)12-21-20-22-17-10-9-14(3)11-16(17)19(23-20)15-7-5-4-6-8-15/h4-11,13H,12H2,1-3H3,(H,21,22,23). The van der Waals surface area contributed by atoms with Gasteiger partial charge in [-0.1, -0.05) is 42.0 Å². The van der Waals surface area contributed by atoms with E-state index in [1.165, 1.54) is 0 Å². The highest BCUT2D eigenvalue weighted by Crippen LogP contribution is 2.27. The van der Waals surface area contributed by atoms with Crippen molar-refractivity contribution in [2.75, 3.05) is 11.9 Å². The van der Waals surface area contributed by atoms with Crippen LogP contribution < -0.4 is 5.32 Å². The van der Waals surface area contributed by atoms with Gasteiger partial charge in [0.15, 0.2) is 0 Å². The van der Waals surface area contributed by atoms with Gasteiger partial charge in [0.1, 0.15) is 6.54 Å². The molecule has 0 saturated carbocycles. The average molecular weight is 335 g/mol. The number of nitrogens with zero attached hydrogens (tertiary/aromatic N) is 2. The topological polar surface area (TPSA) is 64.1 Å². The molecule has 25 heavy (non-hydrogen) atoms. The minimum atomic E-state index is -0.330. The van der Waals surface area contributed by atoms with Crippen LogP contribution in [0.15, 0.2) is 48.5 Å². The number of esters is 1. The Morgan fingerprint density at radius 3 is 2.60 bits per heavy atom. The van der Waals surface area contributed by atoms with Crippen LogP contribution in [0.1, 0.15) is 19.4 Å². The molecule has 0 saturated heterocycles. The summed E-state index contributed by atoms with van der Waals surface area (Å²) >= 11 is 0. The van der Waals surface area contributed by atoms with Crippen LogP contribution in [-0.4, -0.2) is 28.6 Å². The summed E-state index contributed by atoms with van der Waals surface area (Å²) in [4.78, 5) is 20.9. The Morgan fingerprint density at radius 2 is 1.88 bits per heavy atom. The molecule has 0 spiro atoms. The predicted octanol–water partition coefficient (Wildman–Crippen LogP) is 3.97. The molecule has 1 N–H and O–H groups in total. The van der Waals surface area contributed by atoms with Crippen molar-refractivity contribution < 1.29 is 9.53 Å². The molecule has 5 heteroatoms. The molecule has 3 aromatic rings. The maximum atomic E-state index is 11.7. The Hall–Kier alpha value is -2.95. The van der Waals surface area contributed by atoms with Crippen LogP contribution in [-0.2, 0) is 9.53 Å². The summed E-state index contributed by atoms with van der Waals surface area (Å²) in [7, 11) is 0. The van der Waals surface area contributed by atoms with Gasteiger partial charge in [0.25, 0.3) is 0 Å². The quantitative estimate of drug-likeness (QED) is 0.715. The summed E-state index contributed by atoms with van der Waals surface area (Å²) in [5.74, 6) is 0.0831. The molecule has 0 fully saturated rings. The Morgan fingerprint density at radius 1 is 1.12 bits per heavy atom. The van der Waals surface area contributed by atoms with E-state index in [0.717, 1.165) is 27.7 Å². The predicted molar refractivity (Wildman–Crippen MR) is 99.4 cm³/mol. The number of aromatic nitrogens is 2. The Balaban J connectivity index is 1.98. The number of ether oxygens (including phenoxy) is 1. The fraction of sp³-hybridized carbons (Fsp3) is 0.250. The fourth-order valence-electron chi connectivity index (χ4n) is 2.59. The third-order valence-electron chi connectivity index (χ3n) is 3.66. The van der Waals surface area contributed by atoms with Crippen LogP contribution in [0, 0.1) is 6.92 Å². The number of hydrogen-bond acceptors (Lipinski definition) is 5. The minimum absolute atomic E-state index is 0.0315. The van der Waals surface area contributed by atoms with Gasteiger partial charge in [-0.15, -0.1) is 0 Å². The zero-order valence-corrected chi connectivity index (χ0v) is 14.6. The van der Waals surface area contributed by atoms with Crippen molar-refractivity contribution in [2.45, 2.75) is 26.9 Å². The van der Waals surface area contributed by atoms with Gasteiger partial charge in [-0.05, 0) is 32.9 Å². The molecule has 1 aromatic heterocycles. The van der Waals surface area contributed by atoms with Crippen LogP contribution in [0.3, 0.4) is 0 Å². The maximum absolute atomic E-state index is 11.7. The van der Waals surface area contributed by atoms with Gasteiger partial charge in [-0.3, -0.25) is 4.79 Å². The summed E-state index contributed by atoms with van der Waals surface area (Å²) in [6.45, 7) is 5.71. The highest BCUT2D eigenvalue weighted by molar-refractivity contribution is 5.93. The van der Waals surface area contributed by atoms with E-state index in [4.69, 9.17) is 4.74 Å². The number of rotatable bonds is 5. The van der Waals surface area contributed by atoms with Gasteiger partial charge in [0, 0.05) is 10.9 Å². The molecule has 0 aliphatic heterocycles. The summed E-state index contributed by atoms with van der Waals surface area (Å²) in [5.41, 5.74) is 3.83. The lowest BCUT2D eigenvalue weighted by atomic mass is 10.0. The summed E-state index contributed by atoms with van der Waals surface area (Å²) < 4.78 is 5.13. The fourth-order valence-corrected chi connectivity index (χ4v) is 2.59. The molecule has 128 valence electrons. The first-order chi connectivity index (χ1) is 12.0. The van der Waals surface area contributed by atoms with Crippen LogP contribution in [0.25, 0.3) is 22.2 Å². The lowest BCUT2D eigenvalue weighted by molar-refractivity contribution is -0.145. The highest BCUT2D eigenvalue weighted by atomic mass is 16.5. The number of nitrogens with one attached hydrogen (secondary N) is 1. The smallest absolute Gasteiger partial charge is 0.325 e. The Bertz CT molecular complexity index is 892.